The average molecular weight is 441 g/mol. The highest BCUT2D eigenvalue weighted by Crippen LogP contribution is 2.28. The van der Waals surface area contributed by atoms with Crippen LogP contribution in [0.5, 0.6) is 0 Å². The molecule has 0 bridgehead atoms. The molecule has 0 N–H and O–H groups in total. The lowest BCUT2D eigenvalue weighted by molar-refractivity contribution is 0.103. The summed E-state index contributed by atoms with van der Waals surface area (Å²) in [5.41, 5.74) is 2.92. The van der Waals surface area contributed by atoms with Crippen LogP contribution in [0.3, 0.4) is 0 Å². The van der Waals surface area contributed by atoms with E-state index < -0.39 is 10.0 Å². The third-order valence-corrected chi connectivity index (χ3v) is 7.55. The molecular formula is C21H20N4O3S2. The lowest BCUT2D eigenvalue weighted by Gasteiger charge is -2.22. The van der Waals surface area contributed by atoms with Crippen molar-refractivity contribution in [2.45, 2.75) is 13.8 Å². The predicted molar refractivity (Wildman–Crippen MR) is 119 cm³/mol. The van der Waals surface area contributed by atoms with Crippen LogP contribution in [0.25, 0.3) is 16.9 Å². The van der Waals surface area contributed by atoms with Gasteiger partial charge in [0.05, 0.1) is 22.0 Å². The molecule has 4 aromatic rings. The summed E-state index contributed by atoms with van der Waals surface area (Å²) in [6, 6.07) is 12.7. The Hall–Kier alpha value is -3.04. The highest BCUT2D eigenvalue weighted by atomic mass is 32.2. The zero-order valence-electron chi connectivity index (χ0n) is 16.5. The van der Waals surface area contributed by atoms with Crippen LogP contribution in [0.2, 0.25) is 0 Å². The van der Waals surface area contributed by atoms with Crippen LogP contribution in [-0.2, 0) is 10.0 Å². The van der Waals surface area contributed by atoms with E-state index in [9.17, 15) is 13.2 Å². The molecule has 0 radical (unpaired) electrons. The van der Waals surface area contributed by atoms with Gasteiger partial charge in [0.25, 0.3) is 0 Å². The number of rotatable bonds is 7. The van der Waals surface area contributed by atoms with Gasteiger partial charge in [-0.3, -0.25) is 13.5 Å². The molecule has 154 valence electrons. The first-order chi connectivity index (χ1) is 14.5. The van der Waals surface area contributed by atoms with E-state index in [0.717, 1.165) is 11.3 Å². The van der Waals surface area contributed by atoms with Crippen LogP contribution in [0, 0.1) is 0 Å². The fourth-order valence-electron chi connectivity index (χ4n) is 3.34. The number of anilines is 1. The number of ketones is 1. The molecule has 0 saturated carbocycles. The van der Waals surface area contributed by atoms with Crippen molar-refractivity contribution in [1.29, 1.82) is 0 Å². The predicted octanol–water partition coefficient (Wildman–Crippen LogP) is 3.86. The third kappa shape index (κ3) is 3.50. The topological polar surface area (TPSA) is 84.6 Å². The van der Waals surface area contributed by atoms with Crippen LogP contribution < -0.4 is 4.31 Å². The fraction of sp³-hybridized carbons (Fsp3) is 0.190. The number of hydrogen-bond donors (Lipinski definition) is 0. The van der Waals surface area contributed by atoms with Crippen molar-refractivity contribution in [2.75, 3.05) is 16.6 Å². The SMILES string of the molecule is CCN(c1cccc(-c2ccnc3c(C(=O)c4cccs4)ncn23)c1)S(=O)(=O)CC. The highest BCUT2D eigenvalue weighted by Gasteiger charge is 2.21. The fourth-order valence-corrected chi connectivity index (χ4v) is 5.14. The number of aromatic nitrogens is 3. The van der Waals surface area contributed by atoms with E-state index >= 15 is 0 Å². The Morgan fingerprint density at radius 1 is 1.13 bits per heavy atom. The second-order valence-electron chi connectivity index (χ2n) is 6.54. The van der Waals surface area contributed by atoms with Crippen molar-refractivity contribution in [3.8, 4) is 11.3 Å². The van der Waals surface area contributed by atoms with Gasteiger partial charge in [0, 0.05) is 18.3 Å². The van der Waals surface area contributed by atoms with Gasteiger partial charge in [-0.15, -0.1) is 11.3 Å². The number of hydrogen-bond acceptors (Lipinski definition) is 6. The summed E-state index contributed by atoms with van der Waals surface area (Å²) in [5, 5.41) is 1.85. The second kappa shape index (κ2) is 8.00. The maximum Gasteiger partial charge on any atom is 0.234 e. The number of nitrogens with zero attached hydrogens (tertiary/aromatic N) is 4. The molecule has 0 unspecified atom stereocenters. The molecular weight excluding hydrogens is 420 g/mol. The number of imidazole rings is 1. The van der Waals surface area contributed by atoms with Crippen molar-refractivity contribution in [2.24, 2.45) is 0 Å². The molecule has 0 fully saturated rings. The zero-order chi connectivity index (χ0) is 21.3. The lowest BCUT2D eigenvalue weighted by Crippen LogP contribution is -2.32. The zero-order valence-corrected chi connectivity index (χ0v) is 18.2. The van der Waals surface area contributed by atoms with Crippen LogP contribution in [0.15, 0.2) is 60.4 Å². The van der Waals surface area contributed by atoms with Crippen molar-refractivity contribution < 1.29 is 13.2 Å². The summed E-state index contributed by atoms with van der Waals surface area (Å²) in [6.07, 6.45) is 3.20. The monoisotopic (exact) mass is 440 g/mol. The number of fused-ring (bicyclic) bond motifs is 1. The van der Waals surface area contributed by atoms with Crippen molar-refractivity contribution in [1.82, 2.24) is 14.4 Å². The Morgan fingerprint density at radius 3 is 2.67 bits per heavy atom. The van der Waals surface area contributed by atoms with Gasteiger partial charge in [-0.1, -0.05) is 18.2 Å². The molecule has 7 nitrogen and oxygen atoms in total. The van der Waals surface area contributed by atoms with Gasteiger partial charge in [0.2, 0.25) is 15.8 Å². The third-order valence-electron chi connectivity index (χ3n) is 4.81. The molecule has 0 aliphatic rings. The summed E-state index contributed by atoms with van der Waals surface area (Å²) in [5.74, 6) is -0.141. The van der Waals surface area contributed by atoms with Crippen LogP contribution in [0.4, 0.5) is 5.69 Å². The van der Waals surface area contributed by atoms with E-state index in [4.69, 9.17) is 0 Å². The van der Waals surface area contributed by atoms with E-state index in [-0.39, 0.29) is 11.5 Å². The minimum atomic E-state index is -3.38. The molecule has 0 saturated heterocycles. The molecule has 9 heteroatoms. The first kappa shape index (κ1) is 20.2. The molecule has 0 aliphatic heterocycles. The highest BCUT2D eigenvalue weighted by molar-refractivity contribution is 7.92. The molecule has 1 aromatic carbocycles. The standard InChI is InChI=1S/C21H20N4O3S2/c1-3-25(30(27,28)4-2)16-8-5-7-15(13-16)17-10-11-22-21-19(23-14-24(17)21)20(26)18-9-6-12-29-18/h5-14H,3-4H2,1-2H3. The molecule has 0 aliphatic carbocycles. The van der Waals surface area contributed by atoms with Crippen molar-refractivity contribution >= 4 is 38.5 Å². The summed E-state index contributed by atoms with van der Waals surface area (Å²) >= 11 is 1.36. The Kier molecular flexibility index (Phi) is 5.40. The van der Waals surface area contributed by atoms with Gasteiger partial charge in [-0.2, -0.15) is 0 Å². The Bertz CT molecular complexity index is 1310. The Balaban J connectivity index is 1.81. The average Bonchev–Trinajstić information content (AvgIpc) is 3.44. The van der Waals surface area contributed by atoms with Crippen LogP contribution >= 0.6 is 11.3 Å². The van der Waals surface area contributed by atoms with E-state index in [1.54, 1.807) is 36.0 Å². The first-order valence-electron chi connectivity index (χ1n) is 9.47. The molecule has 0 spiro atoms. The quantitative estimate of drug-likeness (QED) is 0.407. The van der Waals surface area contributed by atoms with Crippen molar-refractivity contribution in [3.05, 3.63) is 70.9 Å². The molecule has 0 amide bonds. The normalized spacial score (nSPS) is 11.7. The maximum atomic E-state index is 12.8. The molecule has 30 heavy (non-hydrogen) atoms. The Labute approximate surface area is 178 Å². The summed E-state index contributed by atoms with van der Waals surface area (Å²) in [7, 11) is -3.38. The molecule has 3 aromatic heterocycles. The molecule has 4 rings (SSSR count). The van der Waals surface area contributed by atoms with Gasteiger partial charge in [-0.05, 0) is 43.5 Å². The van der Waals surface area contributed by atoms with Gasteiger partial charge >= 0.3 is 0 Å². The molecule has 0 atom stereocenters. The first-order valence-corrected chi connectivity index (χ1v) is 12.0. The van der Waals surface area contributed by atoms with E-state index in [1.807, 2.05) is 42.6 Å². The maximum absolute atomic E-state index is 12.8. The van der Waals surface area contributed by atoms with Crippen LogP contribution in [0.1, 0.15) is 29.2 Å². The minimum absolute atomic E-state index is 0.0281. The Morgan fingerprint density at radius 2 is 1.97 bits per heavy atom. The number of carbonyl (C=O) groups excluding carboxylic acids is 1. The summed E-state index contributed by atoms with van der Waals surface area (Å²) < 4.78 is 28.0. The van der Waals surface area contributed by atoms with E-state index in [2.05, 4.69) is 9.97 Å². The number of benzene rings is 1. The smallest absolute Gasteiger partial charge is 0.234 e. The van der Waals surface area contributed by atoms with Gasteiger partial charge < -0.3 is 0 Å². The van der Waals surface area contributed by atoms with Gasteiger partial charge in [-0.25, -0.2) is 18.4 Å². The molecule has 3 heterocycles. The van der Waals surface area contributed by atoms with Gasteiger partial charge in [0.15, 0.2) is 11.3 Å². The van der Waals surface area contributed by atoms with Crippen LogP contribution in [-0.4, -0.2) is 40.9 Å². The number of sulfonamides is 1. The summed E-state index contributed by atoms with van der Waals surface area (Å²) in [4.78, 5) is 22.1. The van der Waals surface area contributed by atoms with Crippen molar-refractivity contribution in [3.63, 3.8) is 0 Å². The lowest BCUT2D eigenvalue weighted by atomic mass is 10.1. The number of carbonyl (C=O) groups is 1. The summed E-state index contributed by atoms with van der Waals surface area (Å²) in [6.45, 7) is 3.78. The van der Waals surface area contributed by atoms with E-state index in [1.165, 1.54) is 15.6 Å². The minimum Gasteiger partial charge on any atom is -0.286 e. The largest absolute Gasteiger partial charge is 0.286 e. The van der Waals surface area contributed by atoms with Gasteiger partial charge in [0.1, 0.15) is 6.33 Å². The second-order valence-corrected chi connectivity index (χ2v) is 9.67. The van der Waals surface area contributed by atoms with E-state index in [0.29, 0.717) is 28.5 Å². The number of thiophene rings is 1.